The van der Waals surface area contributed by atoms with Crippen LogP contribution in [0.4, 0.5) is 0 Å². The molecule has 0 radical (unpaired) electrons. The van der Waals surface area contributed by atoms with Crippen molar-refractivity contribution < 1.29 is 0 Å². The maximum Gasteiger partial charge on any atom is 0.0435 e. The Morgan fingerprint density at radius 1 is 1.21 bits per heavy atom. The first-order chi connectivity index (χ1) is 6.73. The summed E-state index contributed by atoms with van der Waals surface area (Å²) in [5.41, 5.74) is 7.77. The molecule has 2 atom stereocenters. The number of hydrogen-bond donors (Lipinski definition) is 1. The van der Waals surface area contributed by atoms with Crippen molar-refractivity contribution in [2.45, 2.75) is 38.1 Å². The Kier molecular flexibility index (Phi) is 2.60. The van der Waals surface area contributed by atoms with Crippen LogP contribution in [-0.2, 0) is 5.54 Å². The van der Waals surface area contributed by atoms with Crippen molar-refractivity contribution in [3.63, 3.8) is 0 Å². The molecule has 2 rings (SSSR count). The van der Waals surface area contributed by atoms with E-state index in [1.54, 1.807) is 0 Å². The van der Waals surface area contributed by atoms with E-state index in [1.807, 2.05) is 0 Å². The third kappa shape index (κ3) is 1.57. The van der Waals surface area contributed by atoms with E-state index in [0.717, 1.165) is 6.42 Å². The summed E-state index contributed by atoms with van der Waals surface area (Å²) in [5.74, 6) is 0.610. The van der Waals surface area contributed by atoms with Gasteiger partial charge in [0.2, 0.25) is 0 Å². The third-order valence-electron chi connectivity index (χ3n) is 3.67. The van der Waals surface area contributed by atoms with Crippen molar-refractivity contribution in [1.29, 1.82) is 0 Å². The van der Waals surface area contributed by atoms with Gasteiger partial charge < -0.3 is 5.73 Å². The molecule has 0 unspecified atom stereocenters. The molecule has 0 saturated heterocycles. The minimum absolute atomic E-state index is 0.0699. The zero-order valence-electron chi connectivity index (χ0n) is 8.87. The van der Waals surface area contributed by atoms with Gasteiger partial charge in [0.25, 0.3) is 0 Å². The average Bonchev–Trinajstić information content (AvgIpc) is 2.24. The molecule has 0 bridgehead atoms. The largest absolute Gasteiger partial charge is 0.321 e. The Balaban J connectivity index is 2.30. The molecule has 1 aliphatic carbocycles. The highest BCUT2D eigenvalue weighted by molar-refractivity contribution is 5.25. The van der Waals surface area contributed by atoms with E-state index in [9.17, 15) is 0 Å². The Morgan fingerprint density at radius 3 is 2.57 bits per heavy atom. The first-order valence-corrected chi connectivity index (χ1v) is 5.58. The van der Waals surface area contributed by atoms with Gasteiger partial charge in [-0.05, 0) is 24.3 Å². The standard InChI is InChI=1S/C13H19N/c1-11-7-5-6-10-13(11,14)12-8-3-2-4-9-12/h2-4,8-9,11H,5-7,10,14H2,1H3/t11-,13-/m0/s1. The van der Waals surface area contributed by atoms with Crippen molar-refractivity contribution in [3.05, 3.63) is 35.9 Å². The second kappa shape index (κ2) is 3.74. The van der Waals surface area contributed by atoms with E-state index in [0.29, 0.717) is 5.92 Å². The maximum absolute atomic E-state index is 6.52. The van der Waals surface area contributed by atoms with Gasteiger partial charge in [0.15, 0.2) is 0 Å². The second-order valence-corrected chi connectivity index (χ2v) is 4.55. The summed E-state index contributed by atoms with van der Waals surface area (Å²) >= 11 is 0. The lowest BCUT2D eigenvalue weighted by Gasteiger charge is -2.40. The van der Waals surface area contributed by atoms with Crippen molar-refractivity contribution in [1.82, 2.24) is 0 Å². The number of nitrogens with two attached hydrogens (primary N) is 1. The van der Waals surface area contributed by atoms with Gasteiger partial charge in [-0.2, -0.15) is 0 Å². The highest BCUT2D eigenvalue weighted by atomic mass is 14.8. The second-order valence-electron chi connectivity index (χ2n) is 4.55. The molecule has 14 heavy (non-hydrogen) atoms. The average molecular weight is 189 g/mol. The lowest BCUT2D eigenvalue weighted by Crippen LogP contribution is -2.45. The van der Waals surface area contributed by atoms with Gasteiger partial charge in [0, 0.05) is 5.54 Å². The van der Waals surface area contributed by atoms with Crippen molar-refractivity contribution in [2.75, 3.05) is 0 Å². The molecule has 1 aromatic rings. The lowest BCUT2D eigenvalue weighted by molar-refractivity contribution is 0.207. The van der Waals surface area contributed by atoms with E-state index < -0.39 is 0 Å². The molecule has 1 aromatic carbocycles. The molecule has 0 aromatic heterocycles. The molecule has 1 aliphatic rings. The molecule has 1 heteroatoms. The Bertz CT molecular complexity index is 293. The predicted octanol–water partition coefficient (Wildman–Crippen LogP) is 3.05. The van der Waals surface area contributed by atoms with Crippen molar-refractivity contribution in [3.8, 4) is 0 Å². The summed E-state index contributed by atoms with van der Waals surface area (Å²) in [7, 11) is 0. The van der Waals surface area contributed by atoms with E-state index >= 15 is 0 Å². The highest BCUT2D eigenvalue weighted by Crippen LogP contribution is 2.38. The van der Waals surface area contributed by atoms with Crippen LogP contribution in [0.25, 0.3) is 0 Å². The van der Waals surface area contributed by atoms with Gasteiger partial charge in [-0.1, -0.05) is 50.1 Å². The topological polar surface area (TPSA) is 26.0 Å². The summed E-state index contributed by atoms with van der Waals surface area (Å²) in [6.07, 6.45) is 5.02. The minimum atomic E-state index is -0.0699. The monoisotopic (exact) mass is 189 g/mol. The SMILES string of the molecule is C[C@H]1CCCC[C@@]1(N)c1ccccc1. The van der Waals surface area contributed by atoms with Gasteiger partial charge in [-0.15, -0.1) is 0 Å². The molecule has 0 spiro atoms. The molecule has 1 nitrogen and oxygen atoms in total. The molecule has 1 saturated carbocycles. The maximum atomic E-state index is 6.52. The van der Waals surface area contributed by atoms with E-state index in [4.69, 9.17) is 5.73 Å². The van der Waals surface area contributed by atoms with Crippen LogP contribution in [-0.4, -0.2) is 0 Å². The summed E-state index contributed by atoms with van der Waals surface area (Å²) in [5, 5.41) is 0. The molecule has 1 fully saturated rings. The zero-order chi connectivity index (χ0) is 10.0. The Morgan fingerprint density at radius 2 is 1.93 bits per heavy atom. The molecule has 2 N–H and O–H groups in total. The van der Waals surface area contributed by atoms with Gasteiger partial charge >= 0.3 is 0 Å². The predicted molar refractivity (Wildman–Crippen MR) is 59.9 cm³/mol. The summed E-state index contributed by atoms with van der Waals surface area (Å²) in [4.78, 5) is 0. The first kappa shape index (κ1) is 9.72. The highest BCUT2D eigenvalue weighted by Gasteiger charge is 2.35. The van der Waals surface area contributed by atoms with Crippen LogP contribution < -0.4 is 5.73 Å². The zero-order valence-corrected chi connectivity index (χ0v) is 8.87. The summed E-state index contributed by atoms with van der Waals surface area (Å²) in [6, 6.07) is 10.6. The van der Waals surface area contributed by atoms with Gasteiger partial charge in [-0.3, -0.25) is 0 Å². The van der Waals surface area contributed by atoms with Crippen LogP contribution in [0.15, 0.2) is 30.3 Å². The molecule has 0 amide bonds. The molecule has 0 aliphatic heterocycles. The van der Waals surface area contributed by atoms with Gasteiger partial charge in [0.05, 0.1) is 0 Å². The fourth-order valence-corrected chi connectivity index (χ4v) is 2.55. The fraction of sp³-hybridized carbons (Fsp3) is 0.538. The van der Waals surface area contributed by atoms with E-state index in [2.05, 4.69) is 37.3 Å². The first-order valence-electron chi connectivity index (χ1n) is 5.58. The van der Waals surface area contributed by atoms with Crippen molar-refractivity contribution in [2.24, 2.45) is 11.7 Å². The van der Waals surface area contributed by atoms with Gasteiger partial charge in [0.1, 0.15) is 0 Å². The Hall–Kier alpha value is -0.820. The number of benzene rings is 1. The van der Waals surface area contributed by atoms with Crippen LogP contribution >= 0.6 is 0 Å². The fourth-order valence-electron chi connectivity index (χ4n) is 2.55. The Labute approximate surface area is 86.3 Å². The number of rotatable bonds is 1. The van der Waals surface area contributed by atoms with Crippen molar-refractivity contribution >= 4 is 0 Å². The summed E-state index contributed by atoms with van der Waals surface area (Å²) in [6.45, 7) is 2.28. The van der Waals surface area contributed by atoms with Crippen LogP contribution in [0.5, 0.6) is 0 Å². The summed E-state index contributed by atoms with van der Waals surface area (Å²) < 4.78 is 0. The molecular formula is C13H19N. The van der Waals surface area contributed by atoms with E-state index in [1.165, 1.54) is 24.8 Å². The third-order valence-corrected chi connectivity index (χ3v) is 3.67. The molecule has 0 heterocycles. The van der Waals surface area contributed by atoms with Gasteiger partial charge in [-0.25, -0.2) is 0 Å². The quantitative estimate of drug-likeness (QED) is 0.722. The van der Waals surface area contributed by atoms with E-state index in [-0.39, 0.29) is 5.54 Å². The lowest BCUT2D eigenvalue weighted by atomic mass is 9.70. The van der Waals surface area contributed by atoms with Crippen LogP contribution in [0, 0.1) is 5.92 Å². The molecule has 76 valence electrons. The van der Waals surface area contributed by atoms with Crippen LogP contribution in [0.2, 0.25) is 0 Å². The van der Waals surface area contributed by atoms with Crippen LogP contribution in [0.3, 0.4) is 0 Å². The van der Waals surface area contributed by atoms with Crippen LogP contribution in [0.1, 0.15) is 38.2 Å². The molecular weight excluding hydrogens is 170 g/mol. The minimum Gasteiger partial charge on any atom is -0.321 e. The number of hydrogen-bond acceptors (Lipinski definition) is 1. The normalized spacial score (nSPS) is 32.9. The smallest absolute Gasteiger partial charge is 0.0435 e.